The summed E-state index contributed by atoms with van der Waals surface area (Å²) in [6.07, 6.45) is 1.24. The lowest BCUT2D eigenvalue weighted by Crippen LogP contribution is -2.53. The van der Waals surface area contributed by atoms with Crippen molar-refractivity contribution < 1.29 is 24.2 Å². The number of hydrogen-bond acceptors (Lipinski definition) is 4. The minimum atomic E-state index is -1.15. The molecule has 7 nitrogen and oxygen atoms in total. The molecule has 0 heterocycles. The van der Waals surface area contributed by atoms with E-state index in [1.54, 1.807) is 0 Å². The lowest BCUT2D eigenvalue weighted by atomic mass is 9.98. The van der Waals surface area contributed by atoms with Gasteiger partial charge in [0, 0.05) is 13.0 Å². The van der Waals surface area contributed by atoms with E-state index in [1.807, 2.05) is 43.3 Å². The summed E-state index contributed by atoms with van der Waals surface area (Å²) in [6, 6.07) is 15.3. The third-order valence-electron chi connectivity index (χ3n) is 6.61. The van der Waals surface area contributed by atoms with Gasteiger partial charge in [-0.2, -0.15) is 0 Å². The molecular weight excluding hydrogens is 408 g/mol. The Bertz CT molecular complexity index is 1000. The van der Waals surface area contributed by atoms with E-state index in [0.717, 1.165) is 22.3 Å². The number of alkyl carbamates (subject to hydrolysis) is 1. The quantitative estimate of drug-likeness (QED) is 0.657. The molecule has 7 heteroatoms. The molecule has 0 unspecified atom stereocenters. The molecule has 2 amide bonds. The van der Waals surface area contributed by atoms with Crippen LogP contribution in [0.1, 0.15) is 49.7 Å². The Morgan fingerprint density at radius 1 is 1.09 bits per heavy atom. The van der Waals surface area contributed by atoms with Gasteiger partial charge >= 0.3 is 12.1 Å². The molecule has 1 atom stereocenters. The van der Waals surface area contributed by atoms with Gasteiger partial charge < -0.3 is 20.1 Å². The first-order valence-electron chi connectivity index (χ1n) is 11.0. The van der Waals surface area contributed by atoms with Gasteiger partial charge in [0.1, 0.15) is 18.2 Å². The first-order chi connectivity index (χ1) is 15.4. The molecule has 2 N–H and O–H groups in total. The van der Waals surface area contributed by atoms with Crippen LogP contribution in [-0.2, 0) is 14.3 Å². The third kappa shape index (κ3) is 3.83. The summed E-state index contributed by atoms with van der Waals surface area (Å²) in [5, 5.41) is 12.1. The van der Waals surface area contributed by atoms with E-state index in [1.165, 1.54) is 11.9 Å². The number of fused-ring (bicyclic) bond motifs is 3. The number of ether oxygens (including phenoxy) is 1. The first-order valence-corrected chi connectivity index (χ1v) is 11.0. The number of likely N-dealkylation sites (N-methyl/N-ethyl adjacent to an activating group) is 1. The van der Waals surface area contributed by atoms with Crippen molar-refractivity contribution in [2.45, 2.75) is 50.1 Å². The molecule has 2 aromatic carbocycles. The molecule has 168 valence electrons. The lowest BCUT2D eigenvalue weighted by Gasteiger charge is -2.29. The van der Waals surface area contributed by atoms with Crippen molar-refractivity contribution in [2.24, 2.45) is 0 Å². The van der Waals surface area contributed by atoms with Gasteiger partial charge in [0.05, 0.1) is 0 Å². The van der Waals surface area contributed by atoms with Gasteiger partial charge in [-0.3, -0.25) is 4.79 Å². The van der Waals surface area contributed by atoms with Crippen LogP contribution in [0.3, 0.4) is 0 Å². The SMILES string of the molecule is CCC[C@@H](NC(=O)OCC1c2ccccc2-c2ccccc21)C(=O)N(C)C1(C(=O)O)CC1. The monoisotopic (exact) mass is 436 g/mol. The summed E-state index contributed by atoms with van der Waals surface area (Å²) < 4.78 is 5.56. The zero-order valence-electron chi connectivity index (χ0n) is 18.3. The Morgan fingerprint density at radius 3 is 2.16 bits per heavy atom. The first kappa shape index (κ1) is 21.9. The zero-order valence-corrected chi connectivity index (χ0v) is 18.3. The standard InChI is InChI=1S/C25H28N2O5/c1-3-8-21(22(28)27(2)25(13-14-25)23(29)30)26-24(31)32-15-20-18-11-6-4-9-16(18)17-10-5-7-12-19(17)20/h4-7,9-12,20-21H,3,8,13-15H2,1-2H3,(H,26,31)(H,29,30)/t21-/m1/s1. The van der Waals surface area contributed by atoms with E-state index in [0.29, 0.717) is 25.7 Å². The number of carboxylic acids is 1. The van der Waals surface area contributed by atoms with Crippen molar-refractivity contribution in [3.63, 3.8) is 0 Å². The average molecular weight is 437 g/mol. The molecule has 0 bridgehead atoms. The fourth-order valence-electron chi connectivity index (χ4n) is 4.58. The Hall–Kier alpha value is -3.35. The van der Waals surface area contributed by atoms with Crippen molar-refractivity contribution in [1.29, 1.82) is 0 Å². The van der Waals surface area contributed by atoms with Gasteiger partial charge in [0.15, 0.2) is 0 Å². The Balaban J connectivity index is 1.43. The van der Waals surface area contributed by atoms with Crippen molar-refractivity contribution in [2.75, 3.05) is 13.7 Å². The molecule has 0 radical (unpaired) electrons. The van der Waals surface area contributed by atoms with Crippen molar-refractivity contribution in [1.82, 2.24) is 10.2 Å². The van der Waals surface area contributed by atoms with Gasteiger partial charge in [0.2, 0.25) is 5.91 Å². The van der Waals surface area contributed by atoms with E-state index in [2.05, 4.69) is 17.4 Å². The molecule has 0 aliphatic heterocycles. The van der Waals surface area contributed by atoms with Gasteiger partial charge in [-0.25, -0.2) is 9.59 Å². The fraction of sp³-hybridized carbons (Fsp3) is 0.400. The van der Waals surface area contributed by atoms with Gasteiger partial charge in [-0.05, 0) is 41.5 Å². The Labute approximate surface area is 187 Å². The summed E-state index contributed by atoms with van der Waals surface area (Å²) in [4.78, 5) is 38.4. The van der Waals surface area contributed by atoms with Crippen LogP contribution in [0.2, 0.25) is 0 Å². The molecule has 0 saturated heterocycles. The Kier molecular flexibility index (Phi) is 5.91. The van der Waals surface area contributed by atoms with Gasteiger partial charge in [-0.1, -0.05) is 61.9 Å². The molecule has 4 rings (SSSR count). The van der Waals surface area contributed by atoms with Crippen LogP contribution in [0.25, 0.3) is 11.1 Å². The highest BCUT2D eigenvalue weighted by atomic mass is 16.5. The van der Waals surface area contributed by atoms with E-state index in [4.69, 9.17) is 4.74 Å². The molecule has 32 heavy (non-hydrogen) atoms. The lowest BCUT2D eigenvalue weighted by molar-refractivity contribution is -0.151. The van der Waals surface area contributed by atoms with E-state index in [9.17, 15) is 19.5 Å². The maximum absolute atomic E-state index is 12.9. The molecule has 2 aromatic rings. The highest BCUT2D eigenvalue weighted by Gasteiger charge is 2.56. The van der Waals surface area contributed by atoms with Crippen LogP contribution in [0, 0.1) is 0 Å². The van der Waals surface area contributed by atoms with Crippen molar-refractivity contribution >= 4 is 18.0 Å². The number of carboxylic acid groups (broad SMARTS) is 1. The smallest absolute Gasteiger partial charge is 0.407 e. The minimum Gasteiger partial charge on any atom is -0.479 e. The molecule has 0 spiro atoms. The van der Waals surface area contributed by atoms with Crippen LogP contribution in [-0.4, -0.2) is 53.2 Å². The number of carbonyl (C=O) groups excluding carboxylic acids is 2. The molecule has 2 aliphatic rings. The van der Waals surface area contributed by atoms with E-state index in [-0.39, 0.29) is 12.5 Å². The van der Waals surface area contributed by atoms with Crippen molar-refractivity contribution in [3.05, 3.63) is 59.7 Å². The van der Waals surface area contributed by atoms with Crippen LogP contribution in [0.4, 0.5) is 4.79 Å². The molecule has 1 saturated carbocycles. The largest absolute Gasteiger partial charge is 0.479 e. The van der Waals surface area contributed by atoms with Crippen molar-refractivity contribution in [3.8, 4) is 11.1 Å². The number of aliphatic carboxylic acids is 1. The topological polar surface area (TPSA) is 95.9 Å². The number of nitrogens with one attached hydrogen (secondary N) is 1. The molecular formula is C25H28N2O5. The number of carbonyl (C=O) groups is 3. The summed E-state index contributed by atoms with van der Waals surface area (Å²) in [6.45, 7) is 2.06. The average Bonchev–Trinajstić information content (AvgIpc) is 3.55. The molecule has 2 aliphatic carbocycles. The number of amides is 2. The minimum absolute atomic E-state index is 0.0714. The Morgan fingerprint density at radius 2 is 1.66 bits per heavy atom. The number of hydrogen-bond donors (Lipinski definition) is 2. The van der Waals surface area contributed by atoms with Gasteiger partial charge in [0.25, 0.3) is 0 Å². The number of rotatable bonds is 8. The maximum atomic E-state index is 12.9. The number of nitrogens with zero attached hydrogens (tertiary/aromatic N) is 1. The molecule has 1 fully saturated rings. The number of benzene rings is 2. The summed E-state index contributed by atoms with van der Waals surface area (Å²) in [7, 11) is 1.49. The third-order valence-corrected chi connectivity index (χ3v) is 6.61. The summed E-state index contributed by atoms with van der Waals surface area (Å²) in [5.41, 5.74) is 3.35. The normalized spacial score (nSPS) is 16.4. The fourth-order valence-corrected chi connectivity index (χ4v) is 4.58. The highest BCUT2D eigenvalue weighted by molar-refractivity contribution is 5.93. The van der Waals surface area contributed by atoms with Gasteiger partial charge in [-0.15, -0.1) is 0 Å². The van der Waals surface area contributed by atoms with E-state index >= 15 is 0 Å². The predicted octanol–water partition coefficient (Wildman–Crippen LogP) is 3.77. The zero-order chi connectivity index (χ0) is 22.9. The maximum Gasteiger partial charge on any atom is 0.407 e. The van der Waals surface area contributed by atoms with Crippen LogP contribution < -0.4 is 5.32 Å². The molecule has 0 aromatic heterocycles. The van der Waals surface area contributed by atoms with Crippen LogP contribution >= 0.6 is 0 Å². The van der Waals surface area contributed by atoms with Crippen LogP contribution in [0.5, 0.6) is 0 Å². The second kappa shape index (κ2) is 8.65. The highest BCUT2D eigenvalue weighted by Crippen LogP contribution is 2.44. The second-order valence-electron chi connectivity index (χ2n) is 8.55. The van der Waals surface area contributed by atoms with E-state index < -0.39 is 29.6 Å². The van der Waals surface area contributed by atoms with Crippen LogP contribution in [0.15, 0.2) is 48.5 Å². The summed E-state index contributed by atoms with van der Waals surface area (Å²) in [5.74, 6) is -1.48. The predicted molar refractivity (Wildman–Crippen MR) is 119 cm³/mol. The second-order valence-corrected chi connectivity index (χ2v) is 8.55. The summed E-state index contributed by atoms with van der Waals surface area (Å²) >= 11 is 0.